The van der Waals surface area contributed by atoms with Crippen molar-refractivity contribution in [2.24, 2.45) is 10.8 Å². The predicted molar refractivity (Wildman–Crippen MR) is 332 cm³/mol. The molecule has 21 nitrogen and oxygen atoms in total. The highest BCUT2D eigenvalue weighted by Crippen LogP contribution is 2.48. The van der Waals surface area contributed by atoms with Crippen molar-refractivity contribution >= 4 is 71.8 Å². The summed E-state index contributed by atoms with van der Waals surface area (Å²) in [6.45, 7) is 19.0. The van der Waals surface area contributed by atoms with Crippen LogP contribution in [-0.4, -0.2) is 144 Å². The quantitative estimate of drug-likeness (QED) is 0.0278. The van der Waals surface area contributed by atoms with Crippen molar-refractivity contribution in [2.75, 3.05) is 26.2 Å². The van der Waals surface area contributed by atoms with E-state index in [9.17, 15) is 61.8 Å². The molecule has 0 spiro atoms. The van der Waals surface area contributed by atoms with E-state index in [-0.39, 0.29) is 67.8 Å². The normalized spacial score (nSPS) is 17.4. The van der Waals surface area contributed by atoms with Crippen molar-refractivity contribution in [1.82, 2.24) is 31.5 Å². The standard InChI is InChI=1S/C32H39F2N3O7.C23H25NO7.C9H16F2N2O.CH4.ClH/c1-8-35-29(41)27-31(6,7)32(33,34)17-37(27)30(42)26(44-21(5)39)24(16-22-12-10-9-11-13-22)36-28(40)23-14-18(2)15-25(19(23)3)43-20(4)38;1-13-10-18(14(2)20(11-13)30-15(3)25)22(27)24-19(12-17-8-6-5-7-9-17)21(23(28)29)31-16(4)26;1-4-12-7(14)6-8(2,3)9(10,11)5-13-6;;/h9-15,24,26-27H,8,16-17H2,1-7H3,(H,35,41)(H,36,40);5-11,19,21H,12H2,1-4H3,(H,24,27)(H,28,29);6,13H,4-5H2,1-3H3,(H,12,14);1H4;1H/t24-,26-,27?;19-,21-;;;/m00.../s1. The first-order valence-corrected chi connectivity index (χ1v) is 28.6. The van der Waals surface area contributed by atoms with Crippen molar-refractivity contribution in [1.29, 1.82) is 0 Å². The van der Waals surface area contributed by atoms with Gasteiger partial charge in [-0.1, -0.05) is 95.8 Å². The molecule has 4 aromatic rings. The maximum Gasteiger partial charge on any atom is 0.347 e. The number of hydrogen-bond acceptors (Lipinski definition) is 15. The number of esters is 4. The summed E-state index contributed by atoms with van der Waals surface area (Å²) < 4.78 is 78.2. The summed E-state index contributed by atoms with van der Waals surface area (Å²) in [7, 11) is 0. The number of aliphatic carboxylic acids is 1. The third kappa shape index (κ3) is 20.5. The number of carbonyl (C=O) groups excluding carboxylic acids is 9. The number of benzene rings is 4. The highest BCUT2D eigenvalue weighted by atomic mass is 35.5. The van der Waals surface area contributed by atoms with Gasteiger partial charge in [0.05, 0.1) is 42.0 Å². The van der Waals surface area contributed by atoms with Crippen LogP contribution in [0.2, 0.25) is 0 Å². The van der Waals surface area contributed by atoms with Crippen molar-refractivity contribution in [3.8, 4) is 11.5 Å². The summed E-state index contributed by atoms with van der Waals surface area (Å²) in [6, 6.07) is 19.4. The van der Waals surface area contributed by atoms with Gasteiger partial charge in [-0.05, 0) is 101 Å². The Morgan fingerprint density at radius 3 is 1.35 bits per heavy atom. The molecule has 4 aromatic carbocycles. The summed E-state index contributed by atoms with van der Waals surface area (Å²) in [4.78, 5) is 125. The molecule has 91 heavy (non-hydrogen) atoms. The zero-order chi connectivity index (χ0) is 67.1. The number of halogens is 5. The van der Waals surface area contributed by atoms with Gasteiger partial charge in [0.2, 0.25) is 24.0 Å². The SMILES string of the molecule is C.CC(=O)Oc1cc(C)cc(C(=O)N[C@@H](Cc2ccccc2)[C@H](OC(C)=O)C(=O)O)c1C.CCNC(=O)C1N(C(=O)[C@@H](OC(C)=O)[C@H](Cc2ccccc2)NC(=O)c2cc(C)cc(OC(C)=O)c2C)CC(F)(F)C1(C)C.CCNC(=O)C1NCC(F)(F)C1(C)C.Cl. The van der Waals surface area contributed by atoms with E-state index in [0.29, 0.717) is 34.4 Å². The van der Waals surface area contributed by atoms with Gasteiger partial charge < -0.3 is 50.2 Å². The number of ether oxygens (including phenoxy) is 4. The van der Waals surface area contributed by atoms with Crippen molar-refractivity contribution < 1.29 is 89.6 Å². The Morgan fingerprint density at radius 1 is 0.593 bits per heavy atom. The Hall–Kier alpha value is -8.45. The third-order valence-corrected chi connectivity index (χ3v) is 15.0. The molecule has 6 atom stereocenters. The molecule has 2 aliphatic rings. The zero-order valence-corrected chi connectivity index (χ0v) is 53.6. The van der Waals surface area contributed by atoms with E-state index in [1.165, 1.54) is 41.5 Å². The molecule has 6 N–H and O–H groups in total. The van der Waals surface area contributed by atoms with Crippen LogP contribution in [0.1, 0.15) is 131 Å². The number of nitrogens with zero attached hydrogens (tertiary/aromatic N) is 1. The Kier molecular flexibility index (Phi) is 29.0. The lowest BCUT2D eigenvalue weighted by molar-refractivity contribution is -0.164. The fraction of sp³-hybridized carbons (Fsp3) is 0.477. The number of likely N-dealkylation sites (N-methyl/N-ethyl adjacent to an activating group) is 2. The fourth-order valence-electron chi connectivity index (χ4n) is 10.1. The second-order valence-corrected chi connectivity index (χ2v) is 22.8. The summed E-state index contributed by atoms with van der Waals surface area (Å²) in [5, 5.41) is 22.7. The third-order valence-electron chi connectivity index (χ3n) is 15.0. The molecule has 0 radical (unpaired) electrons. The molecular formula is C65H85ClF4N6O15. The molecule has 2 unspecified atom stereocenters. The number of likely N-dealkylation sites (tertiary alicyclic amines) is 1. The van der Waals surface area contributed by atoms with Gasteiger partial charge in [0, 0.05) is 63.0 Å². The van der Waals surface area contributed by atoms with Gasteiger partial charge in [-0.2, -0.15) is 0 Å². The van der Waals surface area contributed by atoms with Crippen molar-refractivity contribution in [2.45, 2.75) is 165 Å². The molecule has 2 heterocycles. The number of carboxylic acids is 1. The van der Waals surface area contributed by atoms with Crippen LogP contribution in [0.15, 0.2) is 84.9 Å². The van der Waals surface area contributed by atoms with E-state index in [0.717, 1.165) is 24.3 Å². The molecule has 2 saturated heterocycles. The predicted octanol–water partition coefficient (Wildman–Crippen LogP) is 7.91. The Bertz CT molecular complexity index is 3260. The number of nitrogens with one attached hydrogen (secondary N) is 5. The minimum atomic E-state index is -3.46. The first-order valence-electron chi connectivity index (χ1n) is 28.6. The van der Waals surface area contributed by atoms with Gasteiger partial charge in [-0.3, -0.25) is 48.5 Å². The van der Waals surface area contributed by atoms with Gasteiger partial charge in [-0.15, -0.1) is 12.4 Å². The van der Waals surface area contributed by atoms with Gasteiger partial charge in [0.25, 0.3) is 29.6 Å². The van der Waals surface area contributed by atoms with Crippen LogP contribution in [0.4, 0.5) is 17.6 Å². The molecule has 0 bridgehead atoms. The van der Waals surface area contributed by atoms with Gasteiger partial charge in [-0.25, -0.2) is 22.4 Å². The number of carboxylic acid groups (broad SMARTS) is 1. The first kappa shape index (κ1) is 78.6. The second kappa shape index (κ2) is 33.6. The van der Waals surface area contributed by atoms with E-state index in [1.54, 1.807) is 120 Å². The van der Waals surface area contributed by atoms with E-state index >= 15 is 8.78 Å². The molecule has 0 saturated carbocycles. The molecule has 500 valence electrons. The summed E-state index contributed by atoms with van der Waals surface area (Å²) in [5.41, 5.74) is 0.536. The monoisotopic (exact) mass is 1300 g/mol. The largest absolute Gasteiger partial charge is 0.478 e. The smallest absolute Gasteiger partial charge is 0.347 e. The number of alkyl halides is 4. The van der Waals surface area contributed by atoms with Crippen molar-refractivity contribution in [3.05, 3.63) is 129 Å². The maximum atomic E-state index is 15.3. The highest BCUT2D eigenvalue weighted by molar-refractivity contribution is 5.99. The van der Waals surface area contributed by atoms with Crippen LogP contribution in [0.3, 0.4) is 0 Å². The van der Waals surface area contributed by atoms with E-state index in [1.807, 2.05) is 6.07 Å². The second-order valence-electron chi connectivity index (χ2n) is 22.8. The minimum Gasteiger partial charge on any atom is -0.478 e. The topological polar surface area (TPSA) is 291 Å². The molecule has 6 rings (SSSR count). The van der Waals surface area contributed by atoms with Crippen LogP contribution in [0, 0.1) is 38.5 Å². The Morgan fingerprint density at radius 2 is 0.989 bits per heavy atom. The summed E-state index contributed by atoms with van der Waals surface area (Å²) >= 11 is 0. The number of aryl methyl sites for hydroxylation is 2. The Labute approximate surface area is 534 Å². The number of carbonyl (C=O) groups is 10. The lowest BCUT2D eigenvalue weighted by Gasteiger charge is -2.35. The van der Waals surface area contributed by atoms with E-state index < -0.39 is 126 Å². The summed E-state index contributed by atoms with van der Waals surface area (Å²) in [5.74, 6) is -13.5. The van der Waals surface area contributed by atoms with Crippen LogP contribution < -0.4 is 36.1 Å². The number of rotatable bonds is 20. The molecule has 26 heteroatoms. The molecule has 5 amide bonds. The van der Waals surface area contributed by atoms with E-state index in [4.69, 9.17) is 18.9 Å². The minimum absolute atomic E-state index is 0. The van der Waals surface area contributed by atoms with Crippen LogP contribution in [0.25, 0.3) is 0 Å². The average Bonchev–Trinajstić information content (AvgIpc) is 1.61. The molecule has 0 aliphatic carbocycles. The summed E-state index contributed by atoms with van der Waals surface area (Å²) in [6.07, 6.45) is -3.26. The fourth-order valence-corrected chi connectivity index (χ4v) is 10.1. The van der Waals surface area contributed by atoms with Crippen molar-refractivity contribution in [3.63, 3.8) is 0 Å². The molecule has 0 aromatic heterocycles. The van der Waals surface area contributed by atoms with Gasteiger partial charge in [0.15, 0.2) is 0 Å². The first-order chi connectivity index (χ1) is 41.4. The van der Waals surface area contributed by atoms with E-state index in [2.05, 4.69) is 26.6 Å². The Balaban J connectivity index is 0.000000519. The molecule has 2 aliphatic heterocycles. The van der Waals surface area contributed by atoms with Crippen LogP contribution >= 0.6 is 12.4 Å². The zero-order valence-electron chi connectivity index (χ0n) is 52.8. The van der Waals surface area contributed by atoms with Crippen LogP contribution in [-0.2, 0) is 60.7 Å². The molecule has 2 fully saturated rings. The van der Waals surface area contributed by atoms with Gasteiger partial charge >= 0.3 is 29.8 Å². The lowest BCUT2D eigenvalue weighted by atomic mass is 9.81. The van der Waals surface area contributed by atoms with Crippen LogP contribution in [0.5, 0.6) is 11.5 Å². The maximum absolute atomic E-state index is 15.3. The molecular weight excluding hydrogens is 1220 g/mol. The highest BCUT2D eigenvalue weighted by Gasteiger charge is 2.65. The van der Waals surface area contributed by atoms with Gasteiger partial charge in [0.1, 0.15) is 17.5 Å². The lowest BCUT2D eigenvalue weighted by Crippen LogP contribution is -2.58. The number of amides is 5. The average molecular weight is 1300 g/mol. The number of hydrogen-bond donors (Lipinski definition) is 6.